The molecule has 2 fully saturated rings. The van der Waals surface area contributed by atoms with Crippen LogP contribution < -0.4 is 16.0 Å². The third-order valence-corrected chi connectivity index (χ3v) is 6.00. The standard InChI is InChI=1S/C21H30F3N5O5/c1-20(2,3)15(28-19(33)21(22,23)24)18(32)29-8-6-13(34-4)14(29)17(31)27-12(10-25)9-11-5-7-26-16(11)30/h11-15H,5-9H2,1-4H3,(H,26,30)(H,27,31)(H,28,33)/t11-,12?,13+,14+,15?/m0/s1. The number of hydrogen-bond acceptors (Lipinski definition) is 6. The van der Waals surface area contributed by atoms with Crippen molar-refractivity contribution in [3.8, 4) is 6.07 Å². The first-order chi connectivity index (χ1) is 15.7. The van der Waals surface area contributed by atoms with Gasteiger partial charge in [0.2, 0.25) is 17.7 Å². The van der Waals surface area contributed by atoms with Crippen LogP contribution in [0.2, 0.25) is 0 Å². The Bertz CT molecular complexity index is 851. The molecule has 190 valence electrons. The van der Waals surface area contributed by atoms with Crippen LogP contribution in [0.3, 0.4) is 0 Å². The number of carbonyl (C=O) groups is 4. The van der Waals surface area contributed by atoms with Gasteiger partial charge in [-0.15, -0.1) is 0 Å². The van der Waals surface area contributed by atoms with Gasteiger partial charge in [0.15, 0.2) is 0 Å². The van der Waals surface area contributed by atoms with E-state index in [0.717, 1.165) is 4.90 Å². The molecule has 2 saturated heterocycles. The summed E-state index contributed by atoms with van der Waals surface area (Å²) in [6, 6.07) is -1.87. The van der Waals surface area contributed by atoms with E-state index in [4.69, 9.17) is 4.74 Å². The molecular formula is C21H30F3N5O5. The molecule has 0 saturated carbocycles. The Morgan fingerprint density at radius 1 is 1.24 bits per heavy atom. The molecule has 0 radical (unpaired) electrons. The van der Waals surface area contributed by atoms with Crippen molar-refractivity contribution >= 4 is 23.6 Å². The maximum atomic E-state index is 13.3. The predicted molar refractivity (Wildman–Crippen MR) is 112 cm³/mol. The Morgan fingerprint density at radius 3 is 2.35 bits per heavy atom. The van der Waals surface area contributed by atoms with Crippen LogP contribution in [0.1, 0.15) is 40.0 Å². The first kappa shape index (κ1) is 27.4. The number of likely N-dealkylation sites (tertiary alicyclic amines) is 1. The Labute approximate surface area is 195 Å². The summed E-state index contributed by atoms with van der Waals surface area (Å²) in [5.74, 6) is -4.50. The lowest BCUT2D eigenvalue weighted by molar-refractivity contribution is -0.176. The minimum Gasteiger partial charge on any atom is -0.379 e. The van der Waals surface area contributed by atoms with Gasteiger partial charge in [-0.05, 0) is 24.7 Å². The highest BCUT2D eigenvalue weighted by Gasteiger charge is 2.49. The normalized spacial score (nSPS) is 24.7. The van der Waals surface area contributed by atoms with Gasteiger partial charge in [-0.3, -0.25) is 19.2 Å². The molecule has 0 spiro atoms. The van der Waals surface area contributed by atoms with Gasteiger partial charge in [-0.1, -0.05) is 20.8 Å². The molecule has 5 atom stereocenters. The van der Waals surface area contributed by atoms with E-state index in [1.165, 1.54) is 27.9 Å². The fourth-order valence-corrected chi connectivity index (χ4v) is 4.15. The third-order valence-electron chi connectivity index (χ3n) is 6.00. The molecule has 2 aliphatic rings. The topological polar surface area (TPSA) is 141 Å². The van der Waals surface area contributed by atoms with Gasteiger partial charge in [-0.2, -0.15) is 18.4 Å². The van der Waals surface area contributed by atoms with Crippen LogP contribution in [0.25, 0.3) is 0 Å². The maximum absolute atomic E-state index is 13.3. The smallest absolute Gasteiger partial charge is 0.379 e. The van der Waals surface area contributed by atoms with Gasteiger partial charge >= 0.3 is 12.1 Å². The molecule has 34 heavy (non-hydrogen) atoms. The van der Waals surface area contributed by atoms with Crippen LogP contribution in [0.5, 0.6) is 0 Å². The second-order valence-corrected chi connectivity index (χ2v) is 9.51. The van der Waals surface area contributed by atoms with Crippen molar-refractivity contribution in [3.05, 3.63) is 0 Å². The number of nitrogens with one attached hydrogen (secondary N) is 3. The zero-order valence-corrected chi connectivity index (χ0v) is 19.5. The highest BCUT2D eigenvalue weighted by atomic mass is 19.4. The second-order valence-electron chi connectivity index (χ2n) is 9.51. The van der Waals surface area contributed by atoms with Gasteiger partial charge in [0.05, 0.1) is 12.2 Å². The number of nitrogens with zero attached hydrogens (tertiary/aromatic N) is 2. The van der Waals surface area contributed by atoms with E-state index in [0.29, 0.717) is 13.0 Å². The molecule has 3 N–H and O–H groups in total. The van der Waals surface area contributed by atoms with E-state index in [-0.39, 0.29) is 25.3 Å². The van der Waals surface area contributed by atoms with Crippen molar-refractivity contribution in [2.45, 2.75) is 70.4 Å². The first-order valence-corrected chi connectivity index (χ1v) is 10.9. The Morgan fingerprint density at radius 2 is 1.88 bits per heavy atom. The van der Waals surface area contributed by atoms with Crippen LogP contribution in [0, 0.1) is 22.7 Å². The Kier molecular flexibility index (Phi) is 8.52. The second kappa shape index (κ2) is 10.6. The molecule has 0 aromatic carbocycles. The number of amides is 4. The number of rotatable bonds is 7. The maximum Gasteiger partial charge on any atom is 0.471 e. The summed E-state index contributed by atoms with van der Waals surface area (Å²) >= 11 is 0. The quantitative estimate of drug-likeness (QED) is 0.468. The summed E-state index contributed by atoms with van der Waals surface area (Å²) in [5, 5.41) is 16.4. The monoisotopic (exact) mass is 489 g/mol. The van der Waals surface area contributed by atoms with Crippen molar-refractivity contribution in [3.63, 3.8) is 0 Å². The minimum atomic E-state index is -5.19. The van der Waals surface area contributed by atoms with Crippen molar-refractivity contribution in [1.29, 1.82) is 5.26 Å². The number of ether oxygens (including phenoxy) is 1. The lowest BCUT2D eigenvalue weighted by atomic mass is 9.85. The SMILES string of the molecule is CO[C@@H]1CCN(C(=O)C(NC(=O)C(F)(F)F)C(C)(C)C)[C@H]1C(=O)NC(C#N)C[C@@H]1CCNC1=O. The zero-order chi connectivity index (χ0) is 25.8. The van der Waals surface area contributed by atoms with Crippen molar-refractivity contribution in [2.75, 3.05) is 20.2 Å². The number of halogens is 3. The molecule has 10 nitrogen and oxygen atoms in total. The third kappa shape index (κ3) is 6.37. The van der Waals surface area contributed by atoms with Crippen LogP contribution in [0.15, 0.2) is 0 Å². The van der Waals surface area contributed by atoms with Gasteiger partial charge in [-0.25, -0.2) is 0 Å². The number of alkyl halides is 3. The molecule has 0 aliphatic carbocycles. The van der Waals surface area contributed by atoms with Crippen LogP contribution >= 0.6 is 0 Å². The number of nitriles is 1. The average molecular weight is 489 g/mol. The van der Waals surface area contributed by atoms with E-state index in [1.807, 2.05) is 6.07 Å². The summed E-state index contributed by atoms with van der Waals surface area (Å²) in [7, 11) is 1.33. The van der Waals surface area contributed by atoms with Gasteiger partial charge < -0.3 is 25.6 Å². The molecule has 2 heterocycles. The van der Waals surface area contributed by atoms with E-state index in [1.54, 1.807) is 5.32 Å². The largest absolute Gasteiger partial charge is 0.471 e. The highest BCUT2D eigenvalue weighted by Crippen LogP contribution is 2.28. The molecule has 13 heteroatoms. The predicted octanol–water partition coefficient (Wildman–Crippen LogP) is 0.230. The lowest BCUT2D eigenvalue weighted by Crippen LogP contribution is -2.61. The molecule has 0 aromatic heterocycles. The van der Waals surface area contributed by atoms with E-state index in [9.17, 15) is 37.6 Å². The molecule has 2 rings (SSSR count). The summed E-state index contributed by atoms with van der Waals surface area (Å²) in [5.41, 5.74) is -1.10. The van der Waals surface area contributed by atoms with Crippen molar-refractivity contribution in [1.82, 2.24) is 20.9 Å². The summed E-state index contributed by atoms with van der Waals surface area (Å²) in [4.78, 5) is 50.9. The molecular weight excluding hydrogens is 459 g/mol. The van der Waals surface area contributed by atoms with E-state index in [2.05, 4.69) is 10.6 Å². The lowest BCUT2D eigenvalue weighted by Gasteiger charge is -2.36. The number of carbonyl (C=O) groups excluding carboxylic acids is 4. The van der Waals surface area contributed by atoms with E-state index >= 15 is 0 Å². The van der Waals surface area contributed by atoms with E-state index < -0.39 is 59.5 Å². The van der Waals surface area contributed by atoms with Crippen LogP contribution in [0.4, 0.5) is 13.2 Å². The van der Waals surface area contributed by atoms with Crippen molar-refractivity contribution < 1.29 is 37.1 Å². The molecule has 2 unspecified atom stereocenters. The number of methoxy groups -OCH3 is 1. The summed E-state index contributed by atoms with van der Waals surface area (Å²) < 4.78 is 43.9. The number of hydrogen-bond donors (Lipinski definition) is 3. The van der Waals surface area contributed by atoms with Gasteiger partial charge in [0.1, 0.15) is 18.1 Å². The zero-order valence-electron chi connectivity index (χ0n) is 19.5. The van der Waals surface area contributed by atoms with Gasteiger partial charge in [0.25, 0.3) is 0 Å². The molecule has 0 aromatic rings. The highest BCUT2D eigenvalue weighted by molar-refractivity contribution is 5.94. The minimum absolute atomic E-state index is 0.00610. The van der Waals surface area contributed by atoms with Gasteiger partial charge in [0, 0.05) is 26.1 Å². The Balaban J connectivity index is 2.23. The average Bonchev–Trinajstić information content (AvgIpc) is 3.35. The fourth-order valence-electron chi connectivity index (χ4n) is 4.15. The molecule has 2 aliphatic heterocycles. The van der Waals surface area contributed by atoms with Crippen molar-refractivity contribution in [2.24, 2.45) is 11.3 Å². The Hall–Kier alpha value is -2.88. The van der Waals surface area contributed by atoms with Crippen LogP contribution in [-0.2, 0) is 23.9 Å². The summed E-state index contributed by atoms with van der Waals surface area (Å²) in [6.07, 6.45) is -5.12. The first-order valence-electron chi connectivity index (χ1n) is 10.9. The molecule has 4 amide bonds. The summed E-state index contributed by atoms with van der Waals surface area (Å²) in [6.45, 7) is 4.95. The van der Waals surface area contributed by atoms with Crippen LogP contribution in [-0.4, -0.2) is 79.1 Å². The fraction of sp³-hybridized carbons (Fsp3) is 0.762. The molecule has 0 bridgehead atoms.